The molecule has 1 aliphatic rings. The van der Waals surface area contributed by atoms with Crippen LogP contribution in [0.25, 0.3) is 0 Å². The molecule has 0 saturated carbocycles. The van der Waals surface area contributed by atoms with Crippen molar-refractivity contribution < 1.29 is 19.0 Å². The maximum absolute atomic E-state index is 12.0. The molecule has 3 rings (SSSR count). The molecule has 0 fully saturated rings. The second kappa shape index (κ2) is 8.24. The number of nitrogens with zero attached hydrogens (tertiary/aromatic N) is 1. The van der Waals surface area contributed by atoms with E-state index in [2.05, 4.69) is 15.8 Å². The van der Waals surface area contributed by atoms with Gasteiger partial charge in [-0.05, 0) is 37.3 Å². The third kappa shape index (κ3) is 4.44. The minimum absolute atomic E-state index is 0.102. The van der Waals surface area contributed by atoms with Gasteiger partial charge in [0.25, 0.3) is 5.91 Å². The van der Waals surface area contributed by atoms with E-state index in [4.69, 9.17) is 14.2 Å². The lowest BCUT2D eigenvalue weighted by atomic mass is 10.1. The molecule has 7 nitrogen and oxygen atoms in total. The van der Waals surface area contributed by atoms with Gasteiger partial charge in [0.15, 0.2) is 11.5 Å². The van der Waals surface area contributed by atoms with Gasteiger partial charge >= 0.3 is 0 Å². The van der Waals surface area contributed by atoms with Gasteiger partial charge in [-0.2, -0.15) is 5.10 Å². The number of hydrazone groups is 1. The van der Waals surface area contributed by atoms with Gasteiger partial charge in [0.1, 0.15) is 19.0 Å². The monoisotopic (exact) mass is 355 g/mol. The largest absolute Gasteiger partial charge is 0.497 e. The predicted molar refractivity (Wildman–Crippen MR) is 99.3 cm³/mol. The van der Waals surface area contributed by atoms with Gasteiger partial charge in [0.2, 0.25) is 0 Å². The Morgan fingerprint density at radius 3 is 2.77 bits per heavy atom. The standard InChI is InChI=1S/C19H21N3O4/c1-13(14-6-7-17-18(10-14)26-9-8-25-17)21-22-19(23)12-20-15-4-3-5-16(11-15)24-2/h3-7,10-11,20H,8-9,12H2,1-2H3,(H,22,23)/b21-13-. The first-order valence-corrected chi connectivity index (χ1v) is 8.27. The summed E-state index contributed by atoms with van der Waals surface area (Å²) in [6.07, 6.45) is 0. The summed E-state index contributed by atoms with van der Waals surface area (Å²) in [5.41, 5.74) is 4.88. The molecule has 1 aliphatic heterocycles. The molecule has 1 heterocycles. The summed E-state index contributed by atoms with van der Waals surface area (Å²) in [4.78, 5) is 12.0. The number of ether oxygens (including phenoxy) is 3. The smallest absolute Gasteiger partial charge is 0.259 e. The number of hydrogen-bond acceptors (Lipinski definition) is 6. The molecule has 0 atom stereocenters. The van der Waals surface area contributed by atoms with Crippen LogP contribution in [0.1, 0.15) is 12.5 Å². The molecule has 0 spiro atoms. The van der Waals surface area contributed by atoms with Crippen molar-refractivity contribution in [1.82, 2.24) is 5.43 Å². The average Bonchev–Trinajstić information content (AvgIpc) is 2.70. The first kappa shape index (κ1) is 17.6. The third-order valence-corrected chi connectivity index (χ3v) is 3.83. The summed E-state index contributed by atoms with van der Waals surface area (Å²) in [7, 11) is 1.60. The fourth-order valence-corrected chi connectivity index (χ4v) is 2.43. The predicted octanol–water partition coefficient (Wildman–Crippen LogP) is 2.42. The van der Waals surface area contributed by atoms with Crippen molar-refractivity contribution in [1.29, 1.82) is 0 Å². The normalized spacial score (nSPS) is 13.1. The molecule has 0 aliphatic carbocycles. The van der Waals surface area contributed by atoms with Gasteiger partial charge in [-0.15, -0.1) is 0 Å². The summed E-state index contributed by atoms with van der Waals surface area (Å²) >= 11 is 0. The number of hydrogen-bond donors (Lipinski definition) is 2. The molecule has 0 saturated heterocycles. The Hall–Kier alpha value is -3.22. The highest BCUT2D eigenvalue weighted by atomic mass is 16.6. The first-order valence-electron chi connectivity index (χ1n) is 8.27. The van der Waals surface area contributed by atoms with Gasteiger partial charge in [-0.3, -0.25) is 4.79 Å². The van der Waals surface area contributed by atoms with E-state index in [-0.39, 0.29) is 12.5 Å². The first-order chi connectivity index (χ1) is 12.7. The summed E-state index contributed by atoms with van der Waals surface area (Å²) < 4.78 is 16.2. The van der Waals surface area contributed by atoms with E-state index in [0.29, 0.717) is 24.7 Å². The van der Waals surface area contributed by atoms with Crippen molar-refractivity contribution in [2.45, 2.75) is 6.92 Å². The summed E-state index contributed by atoms with van der Waals surface area (Å²) in [5, 5.41) is 7.17. The number of amides is 1. The Labute approximate surface area is 152 Å². The Balaban J connectivity index is 1.55. The Morgan fingerprint density at radius 1 is 1.15 bits per heavy atom. The number of rotatable bonds is 6. The molecule has 26 heavy (non-hydrogen) atoms. The van der Waals surface area contributed by atoms with Crippen molar-refractivity contribution in [3.8, 4) is 17.2 Å². The van der Waals surface area contributed by atoms with Crippen LogP contribution in [0.5, 0.6) is 17.2 Å². The number of methoxy groups -OCH3 is 1. The van der Waals surface area contributed by atoms with E-state index in [1.807, 2.05) is 49.4 Å². The maximum Gasteiger partial charge on any atom is 0.259 e. The minimum Gasteiger partial charge on any atom is -0.497 e. The molecular formula is C19H21N3O4. The quantitative estimate of drug-likeness (QED) is 0.614. The second-order valence-corrected chi connectivity index (χ2v) is 5.68. The Kier molecular flexibility index (Phi) is 5.58. The fraction of sp³-hybridized carbons (Fsp3) is 0.263. The molecule has 0 aromatic heterocycles. The fourth-order valence-electron chi connectivity index (χ4n) is 2.43. The molecule has 0 unspecified atom stereocenters. The molecule has 2 aromatic carbocycles. The third-order valence-electron chi connectivity index (χ3n) is 3.83. The van der Waals surface area contributed by atoms with Gasteiger partial charge in [-0.25, -0.2) is 5.43 Å². The van der Waals surface area contributed by atoms with Crippen molar-refractivity contribution in [3.05, 3.63) is 48.0 Å². The zero-order valence-corrected chi connectivity index (χ0v) is 14.7. The van der Waals surface area contributed by atoms with Crippen LogP contribution in [0.3, 0.4) is 0 Å². The molecule has 1 amide bonds. The van der Waals surface area contributed by atoms with Crippen molar-refractivity contribution in [2.75, 3.05) is 32.2 Å². The van der Waals surface area contributed by atoms with E-state index in [1.54, 1.807) is 7.11 Å². The van der Waals surface area contributed by atoms with Gasteiger partial charge < -0.3 is 19.5 Å². The van der Waals surface area contributed by atoms with Gasteiger partial charge in [-0.1, -0.05) is 6.07 Å². The number of fused-ring (bicyclic) bond motifs is 1. The molecule has 0 bridgehead atoms. The highest BCUT2D eigenvalue weighted by Gasteiger charge is 2.12. The van der Waals surface area contributed by atoms with E-state index in [9.17, 15) is 4.79 Å². The second-order valence-electron chi connectivity index (χ2n) is 5.68. The Bertz CT molecular complexity index is 820. The lowest BCUT2D eigenvalue weighted by Crippen LogP contribution is -2.26. The topological polar surface area (TPSA) is 81.2 Å². The molecule has 2 N–H and O–H groups in total. The highest BCUT2D eigenvalue weighted by Crippen LogP contribution is 2.30. The molecule has 0 radical (unpaired) electrons. The molecule has 2 aromatic rings. The van der Waals surface area contributed by atoms with Gasteiger partial charge in [0.05, 0.1) is 19.4 Å². The summed E-state index contributed by atoms with van der Waals surface area (Å²) in [6.45, 7) is 3.00. The van der Waals surface area contributed by atoms with Crippen molar-refractivity contribution >= 4 is 17.3 Å². The zero-order valence-electron chi connectivity index (χ0n) is 14.7. The van der Waals surface area contributed by atoms with E-state index < -0.39 is 0 Å². The Morgan fingerprint density at radius 2 is 1.96 bits per heavy atom. The van der Waals surface area contributed by atoms with Crippen LogP contribution >= 0.6 is 0 Å². The lowest BCUT2D eigenvalue weighted by Gasteiger charge is -2.18. The molecule has 136 valence electrons. The molecular weight excluding hydrogens is 334 g/mol. The van der Waals surface area contributed by atoms with Crippen LogP contribution < -0.4 is 25.0 Å². The van der Waals surface area contributed by atoms with E-state index in [0.717, 1.165) is 22.7 Å². The van der Waals surface area contributed by atoms with Gasteiger partial charge in [0, 0.05) is 17.3 Å². The van der Waals surface area contributed by atoms with Crippen molar-refractivity contribution in [2.24, 2.45) is 5.10 Å². The van der Waals surface area contributed by atoms with E-state index in [1.165, 1.54) is 0 Å². The SMILES string of the molecule is COc1cccc(NCC(=O)N/N=C(/C)c2ccc3c(c2)OCCO3)c1. The average molecular weight is 355 g/mol. The zero-order chi connectivity index (χ0) is 18.4. The minimum atomic E-state index is -0.246. The van der Waals surface area contributed by atoms with Crippen LogP contribution in [0.15, 0.2) is 47.6 Å². The number of carbonyl (C=O) groups excluding carboxylic acids is 1. The van der Waals surface area contributed by atoms with Crippen molar-refractivity contribution in [3.63, 3.8) is 0 Å². The molecule has 7 heteroatoms. The van der Waals surface area contributed by atoms with E-state index >= 15 is 0 Å². The van der Waals surface area contributed by atoms with Crippen LogP contribution in [-0.2, 0) is 4.79 Å². The summed E-state index contributed by atoms with van der Waals surface area (Å²) in [5.74, 6) is 1.89. The summed E-state index contributed by atoms with van der Waals surface area (Å²) in [6, 6.07) is 12.9. The number of carbonyl (C=O) groups is 1. The van der Waals surface area contributed by atoms with Crippen LogP contribution in [-0.4, -0.2) is 38.5 Å². The lowest BCUT2D eigenvalue weighted by molar-refractivity contribution is -0.119. The van der Waals surface area contributed by atoms with Crippen LogP contribution in [0.2, 0.25) is 0 Å². The number of nitrogens with one attached hydrogen (secondary N) is 2. The van der Waals surface area contributed by atoms with Crippen LogP contribution in [0, 0.1) is 0 Å². The van der Waals surface area contributed by atoms with Crippen LogP contribution in [0.4, 0.5) is 5.69 Å². The highest BCUT2D eigenvalue weighted by molar-refractivity contribution is 6.00. The maximum atomic E-state index is 12.0. The number of benzene rings is 2. The number of anilines is 1.